The summed E-state index contributed by atoms with van der Waals surface area (Å²) in [4.78, 5) is 0. The summed E-state index contributed by atoms with van der Waals surface area (Å²) in [5.74, 6) is 1.01. The summed E-state index contributed by atoms with van der Waals surface area (Å²) < 4.78 is 5.75. The van der Waals surface area contributed by atoms with Crippen LogP contribution in [0.2, 0.25) is 0 Å². The van der Waals surface area contributed by atoms with E-state index in [0.717, 1.165) is 18.8 Å². The molecule has 0 bridgehead atoms. The molecule has 0 amide bonds. The fourth-order valence-corrected chi connectivity index (χ4v) is 2.78. The Morgan fingerprint density at radius 2 is 2.11 bits per heavy atom. The number of para-hydroxylation sites is 1. The van der Waals surface area contributed by atoms with Crippen molar-refractivity contribution in [3.05, 3.63) is 41.5 Å². The van der Waals surface area contributed by atoms with E-state index in [1.54, 1.807) is 5.57 Å². The summed E-state index contributed by atoms with van der Waals surface area (Å²) in [6.07, 6.45) is 8.73. The molecule has 0 aliphatic heterocycles. The minimum Gasteiger partial charge on any atom is -0.494 e. The average molecular weight is 259 g/mol. The van der Waals surface area contributed by atoms with E-state index >= 15 is 0 Å². The fraction of sp³-hybridized carbons (Fsp3) is 0.529. The molecule has 1 aromatic carbocycles. The zero-order chi connectivity index (χ0) is 13.5. The second kappa shape index (κ2) is 7.34. The van der Waals surface area contributed by atoms with Crippen LogP contribution in [0.5, 0.6) is 5.75 Å². The minimum absolute atomic E-state index is 0.354. The van der Waals surface area contributed by atoms with Crippen molar-refractivity contribution in [3.63, 3.8) is 0 Å². The third-order valence-corrected chi connectivity index (χ3v) is 3.79. The highest BCUT2D eigenvalue weighted by molar-refractivity contribution is 5.36. The molecule has 1 aromatic rings. The molecule has 19 heavy (non-hydrogen) atoms. The number of ether oxygens (including phenoxy) is 1. The highest BCUT2D eigenvalue weighted by Gasteiger charge is 2.16. The van der Waals surface area contributed by atoms with Gasteiger partial charge >= 0.3 is 0 Å². The molecule has 0 saturated heterocycles. The third-order valence-electron chi connectivity index (χ3n) is 3.79. The van der Waals surface area contributed by atoms with Gasteiger partial charge in [-0.05, 0) is 52.1 Å². The maximum absolute atomic E-state index is 5.75. The standard InChI is InChI=1S/C17H25NO/c1-3-19-17-12-8-7-11-15(17)16(18-2)13-14-9-5-4-6-10-14/h7-9,11-12,16,18H,3-6,10,13H2,1-2H3. The van der Waals surface area contributed by atoms with E-state index in [4.69, 9.17) is 4.74 Å². The highest BCUT2D eigenvalue weighted by Crippen LogP contribution is 2.32. The molecule has 104 valence electrons. The van der Waals surface area contributed by atoms with Crippen LogP contribution in [0, 0.1) is 0 Å². The van der Waals surface area contributed by atoms with Gasteiger partial charge in [-0.3, -0.25) is 0 Å². The van der Waals surface area contributed by atoms with Crippen LogP contribution in [0.25, 0.3) is 0 Å². The molecule has 2 heteroatoms. The largest absolute Gasteiger partial charge is 0.494 e. The molecular formula is C17H25NO. The number of hydrogen-bond donors (Lipinski definition) is 1. The van der Waals surface area contributed by atoms with Gasteiger partial charge in [-0.1, -0.05) is 29.8 Å². The van der Waals surface area contributed by atoms with Gasteiger partial charge in [0.25, 0.3) is 0 Å². The molecule has 0 radical (unpaired) electrons. The Morgan fingerprint density at radius 1 is 1.26 bits per heavy atom. The Morgan fingerprint density at radius 3 is 2.79 bits per heavy atom. The quantitative estimate of drug-likeness (QED) is 0.772. The summed E-state index contributed by atoms with van der Waals surface area (Å²) in [6, 6.07) is 8.74. The SMILES string of the molecule is CCOc1ccccc1C(CC1=CCCCC1)NC. The second-order valence-corrected chi connectivity index (χ2v) is 5.12. The number of rotatable bonds is 6. The normalized spacial score (nSPS) is 16.8. The Labute approximate surface area is 116 Å². The van der Waals surface area contributed by atoms with Crippen molar-refractivity contribution in [2.24, 2.45) is 0 Å². The molecule has 2 nitrogen and oxygen atoms in total. The van der Waals surface area contributed by atoms with E-state index in [2.05, 4.69) is 29.6 Å². The van der Waals surface area contributed by atoms with Gasteiger partial charge in [-0.15, -0.1) is 0 Å². The van der Waals surface area contributed by atoms with E-state index in [9.17, 15) is 0 Å². The predicted molar refractivity (Wildman–Crippen MR) is 80.6 cm³/mol. The molecule has 0 saturated carbocycles. The summed E-state index contributed by atoms with van der Waals surface area (Å²) in [7, 11) is 2.04. The van der Waals surface area contributed by atoms with Crippen LogP contribution in [0.4, 0.5) is 0 Å². The maximum atomic E-state index is 5.75. The Kier molecular flexibility index (Phi) is 5.46. The van der Waals surface area contributed by atoms with Crippen LogP contribution in [0.1, 0.15) is 50.6 Å². The average Bonchev–Trinajstić information content (AvgIpc) is 2.47. The van der Waals surface area contributed by atoms with Gasteiger partial charge in [-0.2, -0.15) is 0 Å². The molecule has 1 atom stereocenters. The molecule has 1 aliphatic carbocycles. The minimum atomic E-state index is 0.354. The van der Waals surface area contributed by atoms with Gasteiger partial charge in [0.05, 0.1) is 6.61 Å². The lowest BCUT2D eigenvalue weighted by atomic mass is 9.91. The number of allylic oxidation sites excluding steroid dienone is 1. The van der Waals surface area contributed by atoms with E-state index < -0.39 is 0 Å². The van der Waals surface area contributed by atoms with Crippen LogP contribution >= 0.6 is 0 Å². The topological polar surface area (TPSA) is 21.3 Å². The molecule has 0 spiro atoms. The van der Waals surface area contributed by atoms with Crippen molar-refractivity contribution in [1.29, 1.82) is 0 Å². The van der Waals surface area contributed by atoms with E-state index in [0.29, 0.717) is 6.04 Å². The first-order valence-electron chi connectivity index (χ1n) is 7.42. The lowest BCUT2D eigenvalue weighted by Crippen LogP contribution is -2.18. The lowest BCUT2D eigenvalue weighted by molar-refractivity contribution is 0.332. The maximum Gasteiger partial charge on any atom is 0.124 e. The van der Waals surface area contributed by atoms with Gasteiger partial charge in [0.1, 0.15) is 5.75 Å². The van der Waals surface area contributed by atoms with Crippen LogP contribution in [0.15, 0.2) is 35.9 Å². The highest BCUT2D eigenvalue weighted by atomic mass is 16.5. The van der Waals surface area contributed by atoms with Crippen molar-refractivity contribution >= 4 is 0 Å². The Hall–Kier alpha value is -1.28. The fourth-order valence-electron chi connectivity index (χ4n) is 2.78. The molecule has 1 unspecified atom stereocenters. The van der Waals surface area contributed by atoms with Crippen molar-refractivity contribution < 1.29 is 4.74 Å². The summed E-state index contributed by atoms with van der Waals surface area (Å²) in [5.41, 5.74) is 2.87. The van der Waals surface area contributed by atoms with Gasteiger partial charge in [-0.25, -0.2) is 0 Å². The summed E-state index contributed by atoms with van der Waals surface area (Å²) in [5, 5.41) is 3.44. The van der Waals surface area contributed by atoms with E-state index in [-0.39, 0.29) is 0 Å². The van der Waals surface area contributed by atoms with Crippen molar-refractivity contribution in [2.45, 2.75) is 45.1 Å². The van der Waals surface area contributed by atoms with Gasteiger partial charge < -0.3 is 10.1 Å². The Bertz CT molecular complexity index is 425. The first kappa shape index (κ1) is 14.1. The smallest absolute Gasteiger partial charge is 0.124 e. The molecular weight excluding hydrogens is 234 g/mol. The zero-order valence-electron chi connectivity index (χ0n) is 12.1. The van der Waals surface area contributed by atoms with Gasteiger partial charge in [0, 0.05) is 11.6 Å². The molecule has 2 rings (SSSR count). The summed E-state index contributed by atoms with van der Waals surface area (Å²) in [6.45, 7) is 2.75. The van der Waals surface area contributed by atoms with E-state index in [1.165, 1.54) is 31.2 Å². The van der Waals surface area contributed by atoms with E-state index in [1.807, 2.05) is 20.0 Å². The van der Waals surface area contributed by atoms with Gasteiger partial charge in [0.2, 0.25) is 0 Å². The number of hydrogen-bond acceptors (Lipinski definition) is 2. The molecule has 0 fully saturated rings. The lowest BCUT2D eigenvalue weighted by Gasteiger charge is -2.22. The van der Waals surface area contributed by atoms with Crippen LogP contribution in [-0.4, -0.2) is 13.7 Å². The molecule has 0 heterocycles. The first-order chi connectivity index (χ1) is 9.35. The molecule has 0 aromatic heterocycles. The van der Waals surface area contributed by atoms with Crippen molar-refractivity contribution in [1.82, 2.24) is 5.32 Å². The third kappa shape index (κ3) is 3.84. The van der Waals surface area contributed by atoms with Crippen molar-refractivity contribution in [3.8, 4) is 5.75 Å². The summed E-state index contributed by atoms with van der Waals surface area (Å²) >= 11 is 0. The van der Waals surface area contributed by atoms with Crippen molar-refractivity contribution in [2.75, 3.05) is 13.7 Å². The molecule has 1 N–H and O–H groups in total. The molecule has 1 aliphatic rings. The predicted octanol–water partition coefficient (Wildman–Crippen LogP) is 4.24. The number of nitrogens with one attached hydrogen (secondary N) is 1. The first-order valence-corrected chi connectivity index (χ1v) is 7.42. The monoisotopic (exact) mass is 259 g/mol. The van der Waals surface area contributed by atoms with Crippen LogP contribution in [-0.2, 0) is 0 Å². The number of benzene rings is 1. The van der Waals surface area contributed by atoms with Crippen LogP contribution in [0.3, 0.4) is 0 Å². The zero-order valence-corrected chi connectivity index (χ0v) is 12.1. The Balaban J connectivity index is 2.14. The second-order valence-electron chi connectivity index (χ2n) is 5.12. The van der Waals surface area contributed by atoms with Gasteiger partial charge in [0.15, 0.2) is 0 Å². The van der Waals surface area contributed by atoms with Crippen LogP contribution < -0.4 is 10.1 Å².